The second-order valence-corrected chi connectivity index (χ2v) is 7.32. The maximum absolute atomic E-state index is 12.1. The van der Waals surface area contributed by atoms with E-state index in [0.717, 1.165) is 6.08 Å². The molecule has 1 unspecified atom stereocenters. The molecule has 0 saturated heterocycles. The van der Waals surface area contributed by atoms with Crippen molar-refractivity contribution in [1.82, 2.24) is 5.32 Å². The number of hydrogen-bond acceptors (Lipinski definition) is 9. The number of esters is 3. The van der Waals surface area contributed by atoms with Crippen molar-refractivity contribution in [3.8, 4) is 0 Å². The Balaban J connectivity index is 2.92. The van der Waals surface area contributed by atoms with E-state index < -0.39 is 35.6 Å². The zero-order valence-electron chi connectivity index (χ0n) is 18.4. The molecular formula is C21H28N2O8. The van der Waals surface area contributed by atoms with E-state index in [0.29, 0.717) is 11.3 Å². The Morgan fingerprint density at radius 3 is 2.06 bits per heavy atom. The number of carbonyl (C=O) groups excluding carboxylic acids is 4. The van der Waals surface area contributed by atoms with Crippen LogP contribution in [0, 0.1) is 0 Å². The summed E-state index contributed by atoms with van der Waals surface area (Å²) in [7, 11) is 3.59. The summed E-state index contributed by atoms with van der Waals surface area (Å²) in [6.45, 7) is 5.13. The highest BCUT2D eigenvalue weighted by atomic mass is 16.6. The number of amides is 1. The molecular weight excluding hydrogens is 408 g/mol. The van der Waals surface area contributed by atoms with Crippen LogP contribution in [0.15, 0.2) is 36.0 Å². The van der Waals surface area contributed by atoms with Gasteiger partial charge in [-0.2, -0.15) is 0 Å². The number of ether oxygens (including phenoxy) is 4. The van der Waals surface area contributed by atoms with Gasteiger partial charge in [-0.1, -0.05) is 12.1 Å². The van der Waals surface area contributed by atoms with Crippen LogP contribution in [0.5, 0.6) is 0 Å². The predicted molar refractivity (Wildman–Crippen MR) is 111 cm³/mol. The fraction of sp³-hybridized carbons (Fsp3) is 0.429. The molecule has 1 amide bonds. The Hall–Kier alpha value is -3.56. The molecule has 10 nitrogen and oxygen atoms in total. The van der Waals surface area contributed by atoms with E-state index >= 15 is 0 Å². The highest BCUT2D eigenvalue weighted by Gasteiger charge is 2.25. The standard InChI is InChI=1S/C21H28N2O8/c1-21(2,3)31-20(27)23-15(18(25)29-5)11-13-7-9-14(10-8-13)22-16(19(26)30-6)12-17(24)28-4/h7-10,12,15,22H,11H2,1-6H3,(H,23,27)/b16-12+. The number of alkyl carbamates (subject to hydrolysis) is 1. The number of anilines is 1. The second-order valence-electron chi connectivity index (χ2n) is 7.32. The molecule has 0 fully saturated rings. The molecule has 0 spiro atoms. The van der Waals surface area contributed by atoms with Crippen molar-refractivity contribution in [1.29, 1.82) is 0 Å². The molecule has 1 aromatic carbocycles. The molecule has 2 N–H and O–H groups in total. The number of hydrogen-bond donors (Lipinski definition) is 2. The van der Waals surface area contributed by atoms with Crippen LogP contribution in [0.1, 0.15) is 26.3 Å². The van der Waals surface area contributed by atoms with Crippen LogP contribution >= 0.6 is 0 Å². The van der Waals surface area contributed by atoms with E-state index in [1.807, 2.05) is 0 Å². The largest absolute Gasteiger partial charge is 0.467 e. The smallest absolute Gasteiger partial charge is 0.408 e. The summed E-state index contributed by atoms with van der Waals surface area (Å²) in [5.41, 5.74) is 0.362. The number of benzene rings is 1. The number of methoxy groups -OCH3 is 3. The van der Waals surface area contributed by atoms with E-state index in [9.17, 15) is 19.2 Å². The molecule has 0 aromatic heterocycles. The maximum Gasteiger partial charge on any atom is 0.408 e. The third kappa shape index (κ3) is 9.20. The van der Waals surface area contributed by atoms with Crippen LogP contribution in [-0.4, -0.2) is 57.0 Å². The van der Waals surface area contributed by atoms with Gasteiger partial charge in [0, 0.05) is 12.1 Å². The van der Waals surface area contributed by atoms with Crippen molar-refractivity contribution < 1.29 is 38.1 Å². The zero-order valence-corrected chi connectivity index (χ0v) is 18.4. The first kappa shape index (κ1) is 25.5. The summed E-state index contributed by atoms with van der Waals surface area (Å²) in [4.78, 5) is 47.3. The van der Waals surface area contributed by atoms with Gasteiger partial charge in [0.1, 0.15) is 17.3 Å². The average Bonchev–Trinajstić information content (AvgIpc) is 2.71. The van der Waals surface area contributed by atoms with E-state index in [1.165, 1.54) is 21.3 Å². The van der Waals surface area contributed by atoms with Crippen LogP contribution in [0.2, 0.25) is 0 Å². The summed E-state index contributed by atoms with van der Waals surface area (Å²) in [6.07, 6.45) is 0.378. The first-order valence-electron chi connectivity index (χ1n) is 9.30. The van der Waals surface area contributed by atoms with Gasteiger partial charge >= 0.3 is 24.0 Å². The van der Waals surface area contributed by atoms with Crippen molar-refractivity contribution in [3.63, 3.8) is 0 Å². The fourth-order valence-corrected chi connectivity index (χ4v) is 2.33. The summed E-state index contributed by atoms with van der Waals surface area (Å²) < 4.78 is 19.1. The van der Waals surface area contributed by atoms with Crippen LogP contribution < -0.4 is 10.6 Å². The molecule has 1 rings (SSSR count). The van der Waals surface area contributed by atoms with E-state index in [2.05, 4.69) is 20.1 Å². The minimum atomic E-state index is -0.955. The van der Waals surface area contributed by atoms with Crippen LogP contribution in [-0.2, 0) is 39.8 Å². The van der Waals surface area contributed by atoms with Gasteiger partial charge in [0.25, 0.3) is 0 Å². The Bertz CT molecular complexity index is 825. The topological polar surface area (TPSA) is 129 Å². The van der Waals surface area contributed by atoms with Gasteiger partial charge in [-0.05, 0) is 38.5 Å². The number of rotatable bonds is 8. The summed E-state index contributed by atoms with van der Waals surface area (Å²) >= 11 is 0. The Morgan fingerprint density at radius 2 is 1.58 bits per heavy atom. The average molecular weight is 436 g/mol. The Kier molecular flexibility index (Phi) is 9.52. The van der Waals surface area contributed by atoms with Gasteiger partial charge in [0.2, 0.25) is 0 Å². The fourth-order valence-electron chi connectivity index (χ4n) is 2.33. The van der Waals surface area contributed by atoms with Gasteiger partial charge in [0.05, 0.1) is 27.4 Å². The van der Waals surface area contributed by atoms with Crippen molar-refractivity contribution in [3.05, 3.63) is 41.6 Å². The third-order valence-electron chi connectivity index (χ3n) is 3.72. The summed E-state index contributed by atoms with van der Waals surface area (Å²) in [5, 5.41) is 5.27. The molecule has 0 saturated carbocycles. The number of carbonyl (C=O) groups is 4. The van der Waals surface area contributed by atoms with Gasteiger partial charge in [-0.25, -0.2) is 19.2 Å². The van der Waals surface area contributed by atoms with Gasteiger partial charge in [0.15, 0.2) is 0 Å². The van der Waals surface area contributed by atoms with Crippen LogP contribution in [0.4, 0.5) is 10.5 Å². The monoisotopic (exact) mass is 436 g/mol. The van der Waals surface area contributed by atoms with Gasteiger partial charge in [-0.15, -0.1) is 0 Å². The number of nitrogens with one attached hydrogen (secondary N) is 2. The molecule has 0 heterocycles. The summed E-state index contributed by atoms with van der Waals surface area (Å²) in [5.74, 6) is -2.09. The van der Waals surface area contributed by atoms with E-state index in [4.69, 9.17) is 9.47 Å². The predicted octanol–water partition coefficient (Wildman–Crippen LogP) is 1.94. The molecule has 10 heteroatoms. The van der Waals surface area contributed by atoms with Crippen molar-refractivity contribution in [2.45, 2.75) is 38.8 Å². The Morgan fingerprint density at radius 1 is 0.968 bits per heavy atom. The third-order valence-corrected chi connectivity index (χ3v) is 3.72. The van der Waals surface area contributed by atoms with Crippen molar-refractivity contribution >= 4 is 29.7 Å². The van der Waals surface area contributed by atoms with Crippen LogP contribution in [0.25, 0.3) is 0 Å². The summed E-state index contributed by atoms with van der Waals surface area (Å²) in [6, 6.07) is 5.67. The first-order valence-corrected chi connectivity index (χ1v) is 9.30. The van der Waals surface area contributed by atoms with Crippen LogP contribution in [0.3, 0.4) is 0 Å². The lowest BCUT2D eigenvalue weighted by Gasteiger charge is -2.22. The normalized spacial score (nSPS) is 12.3. The minimum absolute atomic E-state index is 0.110. The van der Waals surface area contributed by atoms with Crippen molar-refractivity contribution in [2.24, 2.45) is 0 Å². The highest BCUT2D eigenvalue weighted by molar-refractivity contribution is 5.98. The van der Waals surface area contributed by atoms with E-state index in [-0.39, 0.29) is 12.1 Å². The molecule has 0 aliphatic rings. The molecule has 0 aliphatic carbocycles. The Labute approximate surface area is 180 Å². The lowest BCUT2D eigenvalue weighted by Crippen LogP contribution is -2.45. The minimum Gasteiger partial charge on any atom is -0.467 e. The SMILES string of the molecule is COC(=O)/C=C(/Nc1ccc(CC(NC(=O)OC(C)(C)C)C(=O)OC)cc1)C(=O)OC. The molecule has 0 radical (unpaired) electrons. The molecule has 31 heavy (non-hydrogen) atoms. The lowest BCUT2D eigenvalue weighted by molar-refractivity contribution is -0.143. The molecule has 1 aromatic rings. The van der Waals surface area contributed by atoms with Gasteiger partial charge < -0.3 is 29.6 Å². The maximum atomic E-state index is 12.1. The first-order chi connectivity index (χ1) is 14.5. The molecule has 0 bridgehead atoms. The molecule has 0 aliphatic heterocycles. The second kappa shape index (κ2) is 11.6. The molecule has 170 valence electrons. The molecule has 1 atom stereocenters. The zero-order chi connectivity index (χ0) is 23.6. The lowest BCUT2D eigenvalue weighted by atomic mass is 10.1. The highest BCUT2D eigenvalue weighted by Crippen LogP contribution is 2.15. The van der Waals surface area contributed by atoms with E-state index in [1.54, 1.807) is 45.0 Å². The van der Waals surface area contributed by atoms with Crippen molar-refractivity contribution in [2.75, 3.05) is 26.6 Å². The van der Waals surface area contributed by atoms with Gasteiger partial charge in [-0.3, -0.25) is 0 Å². The quantitative estimate of drug-likeness (QED) is 0.357.